The average Bonchev–Trinajstić information content (AvgIpc) is 2.75. The fourth-order valence-electron chi connectivity index (χ4n) is 3.58. The number of hydrogen-bond acceptors (Lipinski definition) is 1. The van der Waals surface area contributed by atoms with Crippen molar-refractivity contribution in [2.75, 3.05) is 0 Å². The summed E-state index contributed by atoms with van der Waals surface area (Å²) in [6.07, 6.45) is 6.85. The summed E-state index contributed by atoms with van der Waals surface area (Å²) in [4.78, 5) is 0. The van der Waals surface area contributed by atoms with Gasteiger partial charge >= 0.3 is 0 Å². The summed E-state index contributed by atoms with van der Waals surface area (Å²) in [7, 11) is 0. The molecule has 1 heteroatoms. The first-order valence-electron chi connectivity index (χ1n) is 6.09. The fraction of sp³-hybridized carbons (Fsp3) is 0.571. The van der Waals surface area contributed by atoms with Crippen molar-refractivity contribution in [1.29, 1.82) is 0 Å². The first-order chi connectivity index (χ1) is 7.33. The number of rotatable bonds is 0. The van der Waals surface area contributed by atoms with Gasteiger partial charge in [-0.2, -0.15) is 0 Å². The molecule has 1 nitrogen and oxygen atoms in total. The van der Waals surface area contributed by atoms with Gasteiger partial charge in [0.15, 0.2) is 0 Å². The molecular weight excluding hydrogens is 184 g/mol. The highest BCUT2D eigenvalue weighted by atomic mass is 16.3. The molecule has 0 heterocycles. The number of benzene rings is 1. The summed E-state index contributed by atoms with van der Waals surface area (Å²) < 4.78 is 0. The van der Waals surface area contributed by atoms with E-state index >= 15 is 0 Å². The van der Waals surface area contributed by atoms with E-state index in [0.29, 0.717) is 0 Å². The van der Waals surface area contributed by atoms with Crippen LogP contribution in [0.3, 0.4) is 0 Å². The third-order valence-corrected chi connectivity index (χ3v) is 4.37. The van der Waals surface area contributed by atoms with E-state index < -0.39 is 0 Å². The molecule has 2 aliphatic rings. The van der Waals surface area contributed by atoms with E-state index in [4.69, 9.17) is 0 Å². The van der Waals surface area contributed by atoms with Crippen molar-refractivity contribution in [2.24, 2.45) is 0 Å². The van der Waals surface area contributed by atoms with Crippen LogP contribution in [0.5, 0.6) is 0 Å². The summed E-state index contributed by atoms with van der Waals surface area (Å²) in [5.41, 5.74) is 3.04. The maximum absolute atomic E-state index is 10.3. The topological polar surface area (TPSA) is 20.2 Å². The highest BCUT2D eigenvalue weighted by molar-refractivity contribution is 5.39. The largest absolute Gasteiger partial charge is 0.392 e. The quantitative estimate of drug-likeness (QED) is 0.686. The fourth-order valence-corrected chi connectivity index (χ4v) is 3.58. The summed E-state index contributed by atoms with van der Waals surface area (Å²) in [6, 6.07) is 8.72. The molecule has 1 fully saturated rings. The Kier molecular flexibility index (Phi) is 2.10. The molecule has 3 rings (SSSR count). The predicted molar refractivity (Wildman–Crippen MR) is 60.9 cm³/mol. The summed E-state index contributed by atoms with van der Waals surface area (Å²) in [5.74, 6) is 0. The van der Waals surface area contributed by atoms with E-state index in [1.807, 2.05) is 0 Å². The van der Waals surface area contributed by atoms with Gasteiger partial charge in [-0.15, -0.1) is 0 Å². The minimum Gasteiger partial charge on any atom is -0.392 e. The van der Waals surface area contributed by atoms with Gasteiger partial charge in [-0.1, -0.05) is 37.1 Å². The van der Waals surface area contributed by atoms with Crippen LogP contribution in [0.15, 0.2) is 24.3 Å². The highest BCUT2D eigenvalue weighted by Gasteiger charge is 2.44. The molecule has 0 amide bonds. The monoisotopic (exact) mass is 202 g/mol. The molecule has 80 valence electrons. The Labute approximate surface area is 91.1 Å². The molecule has 2 aliphatic carbocycles. The van der Waals surface area contributed by atoms with Crippen molar-refractivity contribution in [1.82, 2.24) is 0 Å². The van der Waals surface area contributed by atoms with Gasteiger partial charge < -0.3 is 5.11 Å². The molecule has 1 N–H and O–H groups in total. The Hall–Kier alpha value is -0.820. The van der Waals surface area contributed by atoms with Gasteiger partial charge in [-0.25, -0.2) is 0 Å². The third-order valence-electron chi connectivity index (χ3n) is 4.37. The second-order valence-electron chi connectivity index (χ2n) is 5.07. The van der Waals surface area contributed by atoms with Gasteiger partial charge in [-0.3, -0.25) is 0 Å². The molecule has 0 aromatic heterocycles. The zero-order chi connectivity index (χ0) is 10.3. The van der Waals surface area contributed by atoms with E-state index in [0.717, 1.165) is 12.8 Å². The van der Waals surface area contributed by atoms with Gasteiger partial charge in [-0.05, 0) is 36.8 Å². The van der Waals surface area contributed by atoms with Gasteiger partial charge in [0, 0.05) is 5.41 Å². The number of aliphatic hydroxyl groups is 1. The molecule has 0 radical (unpaired) electrons. The Morgan fingerprint density at radius 3 is 2.67 bits per heavy atom. The second-order valence-corrected chi connectivity index (χ2v) is 5.07. The van der Waals surface area contributed by atoms with Crippen molar-refractivity contribution in [2.45, 2.75) is 50.0 Å². The molecule has 1 unspecified atom stereocenters. The molecule has 1 aromatic carbocycles. The highest BCUT2D eigenvalue weighted by Crippen LogP contribution is 2.48. The first-order valence-corrected chi connectivity index (χ1v) is 6.09. The Balaban J connectivity index is 2.13. The molecule has 0 saturated heterocycles. The van der Waals surface area contributed by atoms with E-state index in [9.17, 15) is 5.11 Å². The standard InChI is InChI=1S/C14H18O/c15-13-8-7-11-5-1-2-6-12(11)14(13)9-3-4-10-14/h1-2,5-6,13,15H,3-4,7-10H2. The van der Waals surface area contributed by atoms with Crippen molar-refractivity contribution in [3.63, 3.8) is 0 Å². The van der Waals surface area contributed by atoms with E-state index in [-0.39, 0.29) is 11.5 Å². The van der Waals surface area contributed by atoms with Gasteiger partial charge in [0.2, 0.25) is 0 Å². The molecule has 15 heavy (non-hydrogen) atoms. The normalized spacial score (nSPS) is 27.9. The van der Waals surface area contributed by atoms with Gasteiger partial charge in [0.05, 0.1) is 6.10 Å². The van der Waals surface area contributed by atoms with E-state index in [2.05, 4.69) is 24.3 Å². The zero-order valence-corrected chi connectivity index (χ0v) is 9.08. The van der Waals surface area contributed by atoms with Gasteiger partial charge in [0.1, 0.15) is 0 Å². The van der Waals surface area contributed by atoms with Crippen LogP contribution in [0, 0.1) is 0 Å². The van der Waals surface area contributed by atoms with Crippen LogP contribution < -0.4 is 0 Å². The molecule has 1 spiro atoms. The Morgan fingerprint density at radius 2 is 1.87 bits per heavy atom. The van der Waals surface area contributed by atoms with Crippen LogP contribution in [0.4, 0.5) is 0 Å². The van der Waals surface area contributed by atoms with Crippen LogP contribution in [0.25, 0.3) is 0 Å². The maximum atomic E-state index is 10.3. The molecule has 1 aromatic rings. The summed E-state index contributed by atoms with van der Waals surface area (Å²) in [6.45, 7) is 0. The molecule has 0 aliphatic heterocycles. The number of fused-ring (bicyclic) bond motifs is 2. The lowest BCUT2D eigenvalue weighted by molar-refractivity contribution is 0.0661. The summed E-state index contributed by atoms with van der Waals surface area (Å²) in [5, 5.41) is 10.3. The van der Waals surface area contributed by atoms with Crippen LogP contribution >= 0.6 is 0 Å². The number of hydrogen-bond donors (Lipinski definition) is 1. The molecule has 1 atom stereocenters. The number of aryl methyl sites for hydroxylation is 1. The smallest absolute Gasteiger partial charge is 0.0640 e. The predicted octanol–water partition coefficient (Wildman–Crippen LogP) is 2.81. The van der Waals surface area contributed by atoms with Crippen molar-refractivity contribution in [3.8, 4) is 0 Å². The van der Waals surface area contributed by atoms with Gasteiger partial charge in [0.25, 0.3) is 0 Å². The van der Waals surface area contributed by atoms with Crippen LogP contribution in [0.2, 0.25) is 0 Å². The van der Waals surface area contributed by atoms with Crippen LogP contribution in [0.1, 0.15) is 43.2 Å². The zero-order valence-electron chi connectivity index (χ0n) is 9.08. The van der Waals surface area contributed by atoms with Crippen molar-refractivity contribution in [3.05, 3.63) is 35.4 Å². The third kappa shape index (κ3) is 1.26. The average molecular weight is 202 g/mol. The van der Waals surface area contributed by atoms with E-state index in [1.54, 1.807) is 0 Å². The lowest BCUT2D eigenvalue weighted by atomic mass is 9.67. The Morgan fingerprint density at radius 1 is 1.13 bits per heavy atom. The number of aliphatic hydroxyl groups excluding tert-OH is 1. The SMILES string of the molecule is OC1CCc2ccccc2C12CCCC2. The molecule has 1 saturated carbocycles. The van der Waals surface area contributed by atoms with Crippen molar-refractivity contribution >= 4 is 0 Å². The molecule has 0 bridgehead atoms. The van der Waals surface area contributed by atoms with Crippen molar-refractivity contribution < 1.29 is 5.11 Å². The minimum absolute atomic E-state index is 0.102. The lowest BCUT2D eigenvalue weighted by Gasteiger charge is -2.40. The Bertz CT molecular complexity index is 363. The van der Waals surface area contributed by atoms with Crippen LogP contribution in [-0.4, -0.2) is 11.2 Å². The van der Waals surface area contributed by atoms with E-state index in [1.165, 1.54) is 36.8 Å². The van der Waals surface area contributed by atoms with Crippen LogP contribution in [-0.2, 0) is 11.8 Å². The minimum atomic E-state index is -0.102. The molecular formula is C14H18O. The summed E-state index contributed by atoms with van der Waals surface area (Å²) >= 11 is 0. The first kappa shape index (κ1) is 9.41. The lowest BCUT2D eigenvalue weighted by Crippen LogP contribution is -2.41. The second kappa shape index (κ2) is 3.34. The maximum Gasteiger partial charge on any atom is 0.0640 e.